The molecule has 0 amide bonds. The number of hydrogen-bond donors (Lipinski definition) is 0. The van der Waals surface area contributed by atoms with Crippen molar-refractivity contribution in [1.82, 2.24) is 15.1 Å². The first-order valence-corrected chi connectivity index (χ1v) is 10.7. The Bertz CT molecular complexity index is 706. The van der Waals surface area contributed by atoms with Crippen LogP contribution in [0.1, 0.15) is 48.9 Å². The van der Waals surface area contributed by atoms with Gasteiger partial charge in [0.05, 0.1) is 11.8 Å². The Morgan fingerprint density at radius 1 is 0.893 bits per heavy atom. The number of aromatic nitrogens is 2. The molecule has 4 rings (SSSR count). The highest BCUT2D eigenvalue weighted by Crippen LogP contribution is 2.16. The van der Waals surface area contributed by atoms with Gasteiger partial charge in [0.15, 0.2) is 0 Å². The minimum atomic E-state index is 0.198. The third kappa shape index (κ3) is 5.76. The molecule has 0 aliphatic carbocycles. The number of nitrogens with zero attached hydrogens (tertiary/aromatic N) is 3. The average molecular weight is 382 g/mol. The summed E-state index contributed by atoms with van der Waals surface area (Å²) < 4.78 is 11.4. The molecule has 2 saturated heterocycles. The van der Waals surface area contributed by atoms with Crippen molar-refractivity contribution in [2.24, 2.45) is 0 Å². The molecular formula is C23H31N3O2. The molecule has 1 aromatic carbocycles. The maximum absolute atomic E-state index is 5.73. The Hall–Kier alpha value is -1.98. The highest BCUT2D eigenvalue weighted by atomic mass is 16.5. The Morgan fingerprint density at radius 2 is 1.71 bits per heavy atom. The molecule has 0 bridgehead atoms. The number of ether oxygens (including phenoxy) is 2. The van der Waals surface area contributed by atoms with Gasteiger partial charge in [0, 0.05) is 19.2 Å². The largest absolute Gasteiger partial charge is 0.474 e. The van der Waals surface area contributed by atoms with Crippen LogP contribution in [0.2, 0.25) is 0 Å². The second-order valence-corrected chi connectivity index (χ2v) is 7.96. The molecule has 5 nitrogen and oxygen atoms in total. The van der Waals surface area contributed by atoms with E-state index in [2.05, 4.69) is 39.4 Å². The summed E-state index contributed by atoms with van der Waals surface area (Å²) in [4.78, 5) is 2.54. The quantitative estimate of drug-likeness (QED) is 0.696. The maximum Gasteiger partial charge on any atom is 0.233 e. The third-order valence-electron chi connectivity index (χ3n) is 5.68. The smallest absolute Gasteiger partial charge is 0.233 e. The monoisotopic (exact) mass is 381 g/mol. The number of hydrogen-bond acceptors (Lipinski definition) is 5. The van der Waals surface area contributed by atoms with Crippen LogP contribution < -0.4 is 4.74 Å². The molecule has 0 saturated carbocycles. The minimum absolute atomic E-state index is 0.198. The molecule has 1 atom stereocenters. The van der Waals surface area contributed by atoms with E-state index in [9.17, 15) is 0 Å². The van der Waals surface area contributed by atoms with Gasteiger partial charge in [-0.1, -0.05) is 24.3 Å². The predicted octanol–water partition coefficient (Wildman–Crippen LogP) is 3.81. The molecule has 28 heavy (non-hydrogen) atoms. The van der Waals surface area contributed by atoms with Crippen LogP contribution >= 0.6 is 0 Å². The van der Waals surface area contributed by atoms with E-state index in [4.69, 9.17) is 9.47 Å². The van der Waals surface area contributed by atoms with Gasteiger partial charge in [0.1, 0.15) is 6.61 Å². The molecule has 0 N–H and O–H groups in total. The second-order valence-electron chi connectivity index (χ2n) is 7.96. The van der Waals surface area contributed by atoms with Gasteiger partial charge in [0.2, 0.25) is 5.88 Å². The van der Waals surface area contributed by atoms with Crippen molar-refractivity contribution in [3.05, 3.63) is 53.2 Å². The first-order chi connectivity index (χ1) is 13.8. The van der Waals surface area contributed by atoms with Crippen LogP contribution in [0.4, 0.5) is 0 Å². The molecule has 2 aromatic rings. The Morgan fingerprint density at radius 3 is 2.43 bits per heavy atom. The first-order valence-electron chi connectivity index (χ1n) is 10.7. The summed E-state index contributed by atoms with van der Waals surface area (Å²) >= 11 is 0. The van der Waals surface area contributed by atoms with Gasteiger partial charge >= 0.3 is 0 Å². The summed E-state index contributed by atoms with van der Waals surface area (Å²) in [7, 11) is 0. The van der Waals surface area contributed by atoms with Gasteiger partial charge in [-0.3, -0.25) is 4.90 Å². The van der Waals surface area contributed by atoms with Crippen molar-refractivity contribution in [2.45, 2.75) is 57.6 Å². The fourth-order valence-corrected chi connectivity index (χ4v) is 3.96. The van der Waals surface area contributed by atoms with Crippen LogP contribution in [0.15, 0.2) is 36.4 Å². The molecule has 2 aliphatic heterocycles. The van der Waals surface area contributed by atoms with Gasteiger partial charge in [-0.05, 0) is 75.2 Å². The SMILES string of the molecule is c1cc(CN2CCCC2)ccc1CCc1ccc(OCC2CCCCO2)nn1. The van der Waals surface area contributed by atoms with E-state index in [1.807, 2.05) is 12.1 Å². The van der Waals surface area contributed by atoms with Crippen LogP contribution in [0.25, 0.3) is 0 Å². The highest BCUT2D eigenvalue weighted by Gasteiger charge is 2.15. The van der Waals surface area contributed by atoms with Gasteiger partial charge in [0.25, 0.3) is 0 Å². The van der Waals surface area contributed by atoms with Gasteiger partial charge in [-0.25, -0.2) is 0 Å². The molecule has 0 radical (unpaired) electrons. The zero-order valence-electron chi connectivity index (χ0n) is 16.7. The second kappa shape index (κ2) is 9.99. The van der Waals surface area contributed by atoms with Crippen molar-refractivity contribution in [3.63, 3.8) is 0 Å². The lowest BCUT2D eigenvalue weighted by atomic mass is 10.1. The Labute approximate surface area is 168 Å². The van der Waals surface area contributed by atoms with E-state index < -0.39 is 0 Å². The summed E-state index contributed by atoms with van der Waals surface area (Å²) in [6, 6.07) is 13.0. The van der Waals surface area contributed by atoms with E-state index in [-0.39, 0.29) is 6.10 Å². The Kier molecular flexibility index (Phi) is 6.90. The maximum atomic E-state index is 5.73. The Balaban J connectivity index is 1.20. The normalized spacial score (nSPS) is 20.4. The average Bonchev–Trinajstić information content (AvgIpc) is 3.26. The molecule has 0 spiro atoms. The van der Waals surface area contributed by atoms with E-state index in [0.29, 0.717) is 12.5 Å². The topological polar surface area (TPSA) is 47.5 Å². The zero-order chi connectivity index (χ0) is 19.0. The molecule has 5 heteroatoms. The van der Waals surface area contributed by atoms with Crippen molar-refractivity contribution in [3.8, 4) is 5.88 Å². The van der Waals surface area contributed by atoms with Crippen molar-refractivity contribution in [2.75, 3.05) is 26.3 Å². The summed E-state index contributed by atoms with van der Waals surface area (Å²) in [6.07, 6.45) is 8.21. The summed E-state index contributed by atoms with van der Waals surface area (Å²) in [6.45, 7) is 4.98. The van der Waals surface area contributed by atoms with E-state index in [1.54, 1.807) is 0 Å². The first kappa shape index (κ1) is 19.3. The fourth-order valence-electron chi connectivity index (χ4n) is 3.96. The molecule has 3 heterocycles. The third-order valence-corrected chi connectivity index (χ3v) is 5.68. The molecule has 1 unspecified atom stereocenters. The lowest BCUT2D eigenvalue weighted by molar-refractivity contribution is -0.0121. The van der Waals surface area contributed by atoms with Crippen molar-refractivity contribution < 1.29 is 9.47 Å². The number of rotatable bonds is 8. The van der Waals surface area contributed by atoms with Crippen molar-refractivity contribution >= 4 is 0 Å². The van der Waals surface area contributed by atoms with Crippen LogP contribution in [0, 0.1) is 0 Å². The highest BCUT2D eigenvalue weighted by molar-refractivity contribution is 5.23. The van der Waals surface area contributed by atoms with E-state index >= 15 is 0 Å². The van der Waals surface area contributed by atoms with Crippen LogP contribution in [-0.2, 0) is 24.1 Å². The van der Waals surface area contributed by atoms with Gasteiger partial charge < -0.3 is 9.47 Å². The van der Waals surface area contributed by atoms with Crippen LogP contribution in [0.5, 0.6) is 5.88 Å². The lowest BCUT2D eigenvalue weighted by Gasteiger charge is -2.22. The fraction of sp³-hybridized carbons (Fsp3) is 0.565. The molecule has 2 fully saturated rings. The van der Waals surface area contributed by atoms with Gasteiger partial charge in [-0.15, -0.1) is 5.10 Å². The molecule has 2 aliphatic rings. The zero-order valence-corrected chi connectivity index (χ0v) is 16.7. The number of aryl methyl sites for hydroxylation is 2. The van der Waals surface area contributed by atoms with Crippen LogP contribution in [-0.4, -0.2) is 47.5 Å². The number of benzene rings is 1. The number of likely N-dealkylation sites (tertiary alicyclic amines) is 1. The molecule has 1 aromatic heterocycles. The summed E-state index contributed by atoms with van der Waals surface area (Å²) in [5.74, 6) is 0.587. The van der Waals surface area contributed by atoms with Crippen LogP contribution in [0.3, 0.4) is 0 Å². The standard InChI is InChI=1S/C23H31N3O2/c1-4-16-27-22(5-1)18-28-23-13-12-21(24-25-23)11-10-19-6-8-20(9-7-19)17-26-14-2-3-15-26/h6-9,12-13,22H,1-5,10-11,14-18H2. The van der Waals surface area contributed by atoms with Crippen molar-refractivity contribution in [1.29, 1.82) is 0 Å². The van der Waals surface area contributed by atoms with Gasteiger partial charge in [-0.2, -0.15) is 5.10 Å². The lowest BCUT2D eigenvalue weighted by Crippen LogP contribution is -2.26. The predicted molar refractivity (Wildman–Crippen MR) is 109 cm³/mol. The summed E-state index contributed by atoms with van der Waals surface area (Å²) in [5, 5.41) is 8.53. The van der Waals surface area contributed by atoms with E-state index in [1.165, 1.54) is 43.5 Å². The minimum Gasteiger partial charge on any atom is -0.474 e. The van der Waals surface area contributed by atoms with E-state index in [0.717, 1.165) is 44.5 Å². The molecule has 150 valence electrons. The molecular weight excluding hydrogens is 350 g/mol. The summed E-state index contributed by atoms with van der Waals surface area (Å²) in [5.41, 5.74) is 3.76.